The van der Waals surface area contributed by atoms with Gasteiger partial charge in [-0.3, -0.25) is 14.0 Å². The Labute approximate surface area is 187 Å². The SMILES string of the molecule is Cc1c(Cc2ccc(-c3cnn(C)c3)cc2)cc2c(=O)n([C@H]3CCC[C@@H]3O)cnc2c1C. The zero-order valence-corrected chi connectivity index (χ0v) is 18.7. The fourth-order valence-electron chi connectivity index (χ4n) is 4.88. The summed E-state index contributed by atoms with van der Waals surface area (Å²) in [6, 6.07) is 10.3. The van der Waals surface area contributed by atoms with E-state index in [9.17, 15) is 9.90 Å². The van der Waals surface area contributed by atoms with E-state index < -0.39 is 6.10 Å². The number of aromatic nitrogens is 4. The number of aliphatic hydroxyl groups is 1. The van der Waals surface area contributed by atoms with Gasteiger partial charge in [-0.2, -0.15) is 5.10 Å². The molecular weight excluding hydrogens is 400 g/mol. The average Bonchev–Trinajstić information content (AvgIpc) is 3.41. The van der Waals surface area contributed by atoms with Crippen LogP contribution in [0.2, 0.25) is 0 Å². The van der Waals surface area contributed by atoms with Crippen molar-refractivity contribution >= 4 is 10.9 Å². The fraction of sp³-hybridized carbons (Fsp3) is 0.346. The molecule has 0 radical (unpaired) electrons. The second-order valence-corrected chi connectivity index (χ2v) is 8.98. The lowest BCUT2D eigenvalue weighted by Crippen LogP contribution is -2.29. The summed E-state index contributed by atoms with van der Waals surface area (Å²) in [5.74, 6) is 0. The van der Waals surface area contributed by atoms with Gasteiger partial charge in [-0.15, -0.1) is 0 Å². The van der Waals surface area contributed by atoms with Crippen LogP contribution in [-0.2, 0) is 13.5 Å². The van der Waals surface area contributed by atoms with Crippen LogP contribution in [0.1, 0.15) is 47.6 Å². The van der Waals surface area contributed by atoms with Crippen molar-refractivity contribution in [3.05, 3.63) is 81.7 Å². The van der Waals surface area contributed by atoms with Crippen LogP contribution < -0.4 is 5.56 Å². The van der Waals surface area contributed by atoms with Crippen molar-refractivity contribution < 1.29 is 5.11 Å². The highest BCUT2D eigenvalue weighted by molar-refractivity contribution is 5.83. The van der Waals surface area contributed by atoms with Gasteiger partial charge >= 0.3 is 0 Å². The lowest BCUT2D eigenvalue weighted by atomic mass is 9.94. The van der Waals surface area contributed by atoms with E-state index in [0.29, 0.717) is 5.39 Å². The summed E-state index contributed by atoms with van der Waals surface area (Å²) in [5.41, 5.74) is 7.46. The Bertz CT molecular complexity index is 1350. The Morgan fingerprint density at radius 1 is 1.09 bits per heavy atom. The van der Waals surface area contributed by atoms with Gasteiger partial charge in [0.25, 0.3) is 5.56 Å². The third-order valence-corrected chi connectivity index (χ3v) is 6.94. The maximum Gasteiger partial charge on any atom is 0.261 e. The number of benzene rings is 2. The minimum Gasteiger partial charge on any atom is -0.391 e. The van der Waals surface area contributed by atoms with Crippen LogP contribution in [0.25, 0.3) is 22.0 Å². The Balaban J connectivity index is 1.51. The van der Waals surface area contributed by atoms with Crippen molar-refractivity contribution in [2.24, 2.45) is 7.05 Å². The molecule has 1 aliphatic rings. The van der Waals surface area contributed by atoms with Crippen LogP contribution in [0.5, 0.6) is 0 Å². The highest BCUT2D eigenvalue weighted by Crippen LogP contribution is 2.30. The van der Waals surface area contributed by atoms with E-state index in [1.165, 1.54) is 11.1 Å². The van der Waals surface area contributed by atoms with Crippen molar-refractivity contribution in [3.63, 3.8) is 0 Å². The summed E-state index contributed by atoms with van der Waals surface area (Å²) in [6.45, 7) is 4.13. The first-order valence-electron chi connectivity index (χ1n) is 11.2. The van der Waals surface area contributed by atoms with Gasteiger partial charge in [-0.25, -0.2) is 4.98 Å². The highest BCUT2D eigenvalue weighted by atomic mass is 16.3. The molecule has 1 N–H and O–H groups in total. The van der Waals surface area contributed by atoms with Crippen LogP contribution in [0.3, 0.4) is 0 Å². The molecule has 0 spiro atoms. The molecule has 6 nitrogen and oxygen atoms in total. The second kappa shape index (κ2) is 8.02. The number of rotatable bonds is 4. The zero-order valence-electron chi connectivity index (χ0n) is 18.7. The van der Waals surface area contributed by atoms with Crippen LogP contribution in [0.15, 0.2) is 53.8 Å². The van der Waals surface area contributed by atoms with Crippen molar-refractivity contribution in [2.75, 3.05) is 0 Å². The number of fused-ring (bicyclic) bond motifs is 1. The molecule has 2 aromatic carbocycles. The van der Waals surface area contributed by atoms with Crippen molar-refractivity contribution in [1.82, 2.24) is 19.3 Å². The van der Waals surface area contributed by atoms with Gasteiger partial charge in [0.2, 0.25) is 0 Å². The molecule has 0 amide bonds. The van der Waals surface area contributed by atoms with Crippen molar-refractivity contribution in [2.45, 2.75) is 51.7 Å². The molecule has 1 fully saturated rings. The van der Waals surface area contributed by atoms with Crippen molar-refractivity contribution in [3.8, 4) is 11.1 Å². The van der Waals surface area contributed by atoms with E-state index in [1.807, 2.05) is 32.4 Å². The maximum atomic E-state index is 13.3. The predicted octanol–water partition coefficient (Wildman–Crippen LogP) is 4.09. The fourth-order valence-corrected chi connectivity index (χ4v) is 4.88. The van der Waals surface area contributed by atoms with Crippen molar-refractivity contribution in [1.29, 1.82) is 0 Å². The molecule has 0 unspecified atom stereocenters. The summed E-state index contributed by atoms with van der Waals surface area (Å²) in [5, 5.41) is 15.2. The largest absolute Gasteiger partial charge is 0.391 e. The lowest BCUT2D eigenvalue weighted by Gasteiger charge is -2.19. The molecule has 2 atom stereocenters. The topological polar surface area (TPSA) is 72.9 Å². The normalized spacial score (nSPS) is 18.5. The van der Waals surface area contributed by atoms with E-state index in [-0.39, 0.29) is 11.6 Å². The van der Waals surface area contributed by atoms with Gasteiger partial charge in [-0.05, 0) is 73.4 Å². The third-order valence-electron chi connectivity index (χ3n) is 6.94. The molecule has 5 rings (SSSR count). The Morgan fingerprint density at radius 2 is 1.88 bits per heavy atom. The minimum absolute atomic E-state index is 0.0581. The monoisotopic (exact) mass is 428 g/mol. The summed E-state index contributed by atoms with van der Waals surface area (Å²) in [6.07, 6.45) is 8.25. The summed E-state index contributed by atoms with van der Waals surface area (Å²) >= 11 is 0. The molecule has 164 valence electrons. The molecule has 0 saturated heterocycles. The Hall–Kier alpha value is -3.25. The van der Waals surface area contributed by atoms with E-state index in [1.54, 1.807) is 15.6 Å². The first-order valence-corrected chi connectivity index (χ1v) is 11.2. The summed E-state index contributed by atoms with van der Waals surface area (Å²) in [4.78, 5) is 18.0. The smallest absolute Gasteiger partial charge is 0.261 e. The standard InChI is InChI=1S/C26H28N4O2/c1-16-17(2)25-22(26(32)30(15-27-25)23-5-4-6-24(23)31)12-20(16)11-18-7-9-19(10-8-18)21-13-28-29(3)14-21/h7-10,12-15,23-24,31H,4-6,11H2,1-3H3/t23-,24-/m0/s1. The van der Waals surface area contributed by atoms with E-state index in [0.717, 1.165) is 53.5 Å². The molecule has 4 aromatic rings. The number of aryl methyl sites for hydroxylation is 2. The molecular formula is C26H28N4O2. The molecule has 0 aliphatic heterocycles. The van der Waals surface area contributed by atoms with Crippen LogP contribution in [0, 0.1) is 13.8 Å². The summed E-state index contributed by atoms with van der Waals surface area (Å²) < 4.78 is 3.44. The highest BCUT2D eigenvalue weighted by Gasteiger charge is 2.28. The van der Waals surface area contributed by atoms with Gasteiger partial charge in [0, 0.05) is 18.8 Å². The molecule has 1 aliphatic carbocycles. The van der Waals surface area contributed by atoms with E-state index >= 15 is 0 Å². The minimum atomic E-state index is -0.476. The average molecular weight is 429 g/mol. The number of hydrogen-bond acceptors (Lipinski definition) is 4. The first-order chi connectivity index (χ1) is 15.4. The predicted molar refractivity (Wildman–Crippen MR) is 126 cm³/mol. The molecule has 32 heavy (non-hydrogen) atoms. The van der Waals surface area contributed by atoms with Gasteiger partial charge in [-0.1, -0.05) is 24.3 Å². The maximum absolute atomic E-state index is 13.3. The Morgan fingerprint density at radius 3 is 2.53 bits per heavy atom. The van der Waals surface area contributed by atoms with Gasteiger partial charge < -0.3 is 5.11 Å². The summed E-state index contributed by atoms with van der Waals surface area (Å²) in [7, 11) is 1.92. The molecule has 0 bridgehead atoms. The van der Waals surface area contributed by atoms with Gasteiger partial charge in [0.15, 0.2) is 0 Å². The quantitative estimate of drug-likeness (QED) is 0.531. The number of hydrogen-bond donors (Lipinski definition) is 1. The number of nitrogens with zero attached hydrogens (tertiary/aromatic N) is 4. The third kappa shape index (κ3) is 3.54. The Kier molecular flexibility index (Phi) is 5.18. The molecule has 2 aromatic heterocycles. The second-order valence-electron chi connectivity index (χ2n) is 8.98. The van der Waals surface area contributed by atoms with E-state index in [4.69, 9.17) is 0 Å². The van der Waals surface area contributed by atoms with Crippen LogP contribution >= 0.6 is 0 Å². The molecule has 6 heteroatoms. The van der Waals surface area contributed by atoms with Crippen LogP contribution in [0.4, 0.5) is 0 Å². The molecule has 2 heterocycles. The van der Waals surface area contributed by atoms with E-state index in [2.05, 4.69) is 41.3 Å². The van der Waals surface area contributed by atoms with Gasteiger partial charge in [0.1, 0.15) is 0 Å². The van der Waals surface area contributed by atoms with Crippen LogP contribution in [-0.4, -0.2) is 30.5 Å². The lowest BCUT2D eigenvalue weighted by molar-refractivity contribution is 0.134. The first kappa shape index (κ1) is 20.6. The van der Waals surface area contributed by atoms with Gasteiger partial charge in [0.05, 0.1) is 35.6 Å². The number of aliphatic hydroxyl groups excluding tert-OH is 1. The molecule has 1 saturated carbocycles. The zero-order chi connectivity index (χ0) is 22.4.